The molecule has 30 heavy (non-hydrogen) atoms. The third kappa shape index (κ3) is 3.36. The SMILES string of the molecule is COc1cc2c(cc1C(C)C)Nc1ccc(N3C[C@H]4CC[C@@H](C3)N4C(C)C)cc1S2. The molecular formula is C25H33N3OS. The molecule has 0 radical (unpaired) electrons. The Kier molecular flexibility index (Phi) is 5.14. The van der Waals surface area contributed by atoms with Crippen LogP contribution >= 0.6 is 11.8 Å². The Balaban J connectivity index is 1.41. The summed E-state index contributed by atoms with van der Waals surface area (Å²) in [5.41, 5.74) is 5.01. The van der Waals surface area contributed by atoms with Crippen molar-refractivity contribution in [2.45, 2.75) is 74.4 Å². The van der Waals surface area contributed by atoms with Crippen LogP contribution in [0.4, 0.5) is 17.1 Å². The quantitative estimate of drug-likeness (QED) is 0.548. The Bertz CT molecular complexity index is 944. The van der Waals surface area contributed by atoms with E-state index in [-0.39, 0.29) is 0 Å². The summed E-state index contributed by atoms with van der Waals surface area (Å²) in [7, 11) is 1.77. The molecule has 4 nitrogen and oxygen atoms in total. The van der Waals surface area contributed by atoms with E-state index in [2.05, 4.69) is 73.1 Å². The number of methoxy groups -OCH3 is 1. The first-order chi connectivity index (χ1) is 14.4. The average molecular weight is 424 g/mol. The lowest BCUT2D eigenvalue weighted by atomic mass is 10.0. The van der Waals surface area contributed by atoms with E-state index in [1.165, 1.54) is 45.3 Å². The van der Waals surface area contributed by atoms with Gasteiger partial charge < -0.3 is 15.0 Å². The fourth-order valence-electron chi connectivity index (χ4n) is 5.54. The molecule has 2 bridgehead atoms. The highest BCUT2D eigenvalue weighted by atomic mass is 32.2. The van der Waals surface area contributed by atoms with Crippen LogP contribution in [0.25, 0.3) is 0 Å². The highest BCUT2D eigenvalue weighted by molar-refractivity contribution is 7.99. The van der Waals surface area contributed by atoms with Gasteiger partial charge in [0.1, 0.15) is 5.75 Å². The van der Waals surface area contributed by atoms with Gasteiger partial charge in [-0.1, -0.05) is 25.6 Å². The molecule has 2 saturated heterocycles. The zero-order valence-corrected chi connectivity index (χ0v) is 19.6. The van der Waals surface area contributed by atoms with Crippen LogP contribution in [0.2, 0.25) is 0 Å². The molecule has 3 aliphatic rings. The van der Waals surface area contributed by atoms with E-state index in [9.17, 15) is 0 Å². The van der Waals surface area contributed by atoms with Gasteiger partial charge in [0.25, 0.3) is 0 Å². The average Bonchev–Trinajstić information content (AvgIpc) is 3.01. The lowest BCUT2D eigenvalue weighted by Crippen LogP contribution is -2.56. The number of nitrogens with zero attached hydrogens (tertiary/aromatic N) is 2. The van der Waals surface area contributed by atoms with Crippen LogP contribution in [0.5, 0.6) is 5.75 Å². The van der Waals surface area contributed by atoms with Gasteiger partial charge in [0.15, 0.2) is 0 Å². The van der Waals surface area contributed by atoms with Gasteiger partial charge in [0.2, 0.25) is 0 Å². The monoisotopic (exact) mass is 423 g/mol. The van der Waals surface area contributed by atoms with Gasteiger partial charge in [-0.05, 0) is 68.5 Å². The van der Waals surface area contributed by atoms with Gasteiger partial charge in [-0.25, -0.2) is 0 Å². The van der Waals surface area contributed by atoms with Crippen molar-refractivity contribution < 1.29 is 4.74 Å². The van der Waals surface area contributed by atoms with Crippen molar-refractivity contribution in [3.8, 4) is 5.75 Å². The van der Waals surface area contributed by atoms with E-state index in [0.29, 0.717) is 24.0 Å². The number of nitrogens with one attached hydrogen (secondary N) is 1. The molecule has 3 aliphatic heterocycles. The van der Waals surface area contributed by atoms with Gasteiger partial charge in [-0.2, -0.15) is 0 Å². The molecule has 0 spiro atoms. The molecular weight excluding hydrogens is 390 g/mol. The van der Waals surface area contributed by atoms with E-state index < -0.39 is 0 Å². The molecule has 3 heterocycles. The second-order valence-corrected chi connectivity index (χ2v) is 10.6. The molecule has 2 aromatic rings. The van der Waals surface area contributed by atoms with Crippen molar-refractivity contribution in [1.82, 2.24) is 4.90 Å². The first kappa shape index (κ1) is 20.1. The second kappa shape index (κ2) is 7.69. The number of piperazine rings is 1. The topological polar surface area (TPSA) is 27.7 Å². The predicted octanol–water partition coefficient (Wildman–Crippen LogP) is 6.09. The number of fused-ring (bicyclic) bond motifs is 4. The molecule has 5 heteroatoms. The van der Waals surface area contributed by atoms with Crippen molar-refractivity contribution in [1.29, 1.82) is 0 Å². The van der Waals surface area contributed by atoms with Gasteiger partial charge in [0, 0.05) is 46.7 Å². The van der Waals surface area contributed by atoms with E-state index in [0.717, 1.165) is 18.8 Å². The molecule has 2 fully saturated rings. The summed E-state index contributed by atoms with van der Waals surface area (Å²) >= 11 is 1.85. The fourth-order valence-corrected chi connectivity index (χ4v) is 6.57. The largest absolute Gasteiger partial charge is 0.496 e. The Morgan fingerprint density at radius 1 is 0.967 bits per heavy atom. The Morgan fingerprint density at radius 3 is 2.30 bits per heavy atom. The summed E-state index contributed by atoms with van der Waals surface area (Å²) in [6.07, 6.45) is 2.68. The van der Waals surface area contributed by atoms with Gasteiger partial charge >= 0.3 is 0 Å². The minimum Gasteiger partial charge on any atom is -0.496 e. The summed E-state index contributed by atoms with van der Waals surface area (Å²) in [5.74, 6) is 1.42. The third-order valence-corrected chi connectivity index (χ3v) is 8.02. The van der Waals surface area contributed by atoms with Crippen LogP contribution in [0.15, 0.2) is 40.1 Å². The summed E-state index contributed by atoms with van der Waals surface area (Å²) in [5, 5.41) is 3.67. The van der Waals surface area contributed by atoms with Crippen molar-refractivity contribution in [2.24, 2.45) is 0 Å². The normalized spacial score (nSPS) is 22.8. The highest BCUT2D eigenvalue weighted by Crippen LogP contribution is 2.48. The Labute approximate surface area is 185 Å². The zero-order valence-electron chi connectivity index (χ0n) is 18.7. The van der Waals surface area contributed by atoms with Crippen molar-refractivity contribution in [3.63, 3.8) is 0 Å². The summed E-state index contributed by atoms with van der Waals surface area (Å²) < 4.78 is 5.69. The first-order valence-corrected chi connectivity index (χ1v) is 12.1. The number of anilines is 3. The number of rotatable bonds is 4. The Hall–Kier alpha value is -1.85. The van der Waals surface area contributed by atoms with Crippen LogP contribution in [-0.2, 0) is 0 Å². The second-order valence-electron chi connectivity index (χ2n) is 9.48. The number of hydrogen-bond donors (Lipinski definition) is 1. The van der Waals surface area contributed by atoms with Crippen molar-refractivity contribution >= 4 is 28.8 Å². The fraction of sp³-hybridized carbons (Fsp3) is 0.520. The van der Waals surface area contributed by atoms with Crippen molar-refractivity contribution in [3.05, 3.63) is 35.9 Å². The summed E-state index contributed by atoms with van der Waals surface area (Å²) in [4.78, 5) is 7.91. The maximum atomic E-state index is 5.69. The summed E-state index contributed by atoms with van der Waals surface area (Å²) in [6, 6.07) is 13.4. The van der Waals surface area contributed by atoms with E-state index in [1.54, 1.807) is 7.11 Å². The van der Waals surface area contributed by atoms with Gasteiger partial charge in [0.05, 0.1) is 18.5 Å². The maximum absolute atomic E-state index is 5.69. The molecule has 5 rings (SSSR count). The number of hydrogen-bond acceptors (Lipinski definition) is 5. The van der Waals surface area contributed by atoms with Gasteiger partial charge in [-0.3, -0.25) is 4.90 Å². The van der Waals surface area contributed by atoms with Crippen LogP contribution in [0.1, 0.15) is 52.0 Å². The van der Waals surface area contributed by atoms with Crippen molar-refractivity contribution in [2.75, 3.05) is 30.4 Å². The lowest BCUT2D eigenvalue weighted by Gasteiger charge is -2.44. The lowest BCUT2D eigenvalue weighted by molar-refractivity contribution is 0.129. The zero-order chi connectivity index (χ0) is 21.0. The van der Waals surface area contributed by atoms with Crippen LogP contribution in [-0.4, -0.2) is 43.2 Å². The molecule has 2 atom stereocenters. The molecule has 0 aromatic heterocycles. The van der Waals surface area contributed by atoms with E-state index in [4.69, 9.17) is 4.74 Å². The molecule has 160 valence electrons. The molecule has 0 unspecified atom stereocenters. The van der Waals surface area contributed by atoms with E-state index >= 15 is 0 Å². The molecule has 2 aromatic carbocycles. The predicted molar refractivity (Wildman–Crippen MR) is 127 cm³/mol. The summed E-state index contributed by atoms with van der Waals surface area (Å²) in [6.45, 7) is 11.4. The van der Waals surface area contributed by atoms with Crippen LogP contribution in [0, 0.1) is 0 Å². The number of ether oxygens (including phenoxy) is 1. The molecule has 1 N–H and O–H groups in total. The minimum absolute atomic E-state index is 0.431. The highest BCUT2D eigenvalue weighted by Gasteiger charge is 2.41. The first-order valence-electron chi connectivity index (χ1n) is 11.3. The van der Waals surface area contributed by atoms with E-state index in [1.807, 2.05) is 11.8 Å². The van der Waals surface area contributed by atoms with Crippen LogP contribution in [0.3, 0.4) is 0 Å². The minimum atomic E-state index is 0.431. The molecule has 0 amide bonds. The smallest absolute Gasteiger partial charge is 0.123 e. The Morgan fingerprint density at radius 2 is 1.67 bits per heavy atom. The molecule has 0 saturated carbocycles. The molecule has 0 aliphatic carbocycles. The standard InChI is InChI=1S/C25H33N3OS/c1-15(2)20-11-22-25(12-23(20)29-5)30-24-10-17(8-9-21(24)26-22)27-13-18-6-7-19(14-27)28(18)16(3)4/h8-12,15-16,18-19,26H,6-7,13-14H2,1-5H3/t18-,19+. The maximum Gasteiger partial charge on any atom is 0.123 e. The number of benzene rings is 2. The third-order valence-electron chi connectivity index (χ3n) is 6.91. The van der Waals surface area contributed by atoms with Crippen LogP contribution < -0.4 is 15.0 Å². The van der Waals surface area contributed by atoms with Gasteiger partial charge in [-0.15, -0.1) is 0 Å².